The van der Waals surface area contributed by atoms with Crippen LogP contribution < -0.4 is 23.5 Å². The molecule has 0 bridgehead atoms. The predicted molar refractivity (Wildman–Crippen MR) is 95.2 cm³/mol. The lowest BCUT2D eigenvalue weighted by Crippen LogP contribution is -2.05. The van der Waals surface area contributed by atoms with Crippen LogP contribution >= 0.6 is 7.82 Å². The highest BCUT2D eigenvalue weighted by atomic mass is 31.2. The molecule has 0 heterocycles. The smallest absolute Gasteiger partial charge is 0.493 e. The molecule has 2 N–H and O–H groups in total. The zero-order valence-electron chi connectivity index (χ0n) is 15.1. The van der Waals surface area contributed by atoms with Gasteiger partial charge in [0.1, 0.15) is 0 Å². The van der Waals surface area contributed by atoms with Crippen molar-refractivity contribution in [2.45, 2.75) is 0 Å². The van der Waals surface area contributed by atoms with Gasteiger partial charge in [-0.2, -0.15) is 0 Å². The maximum absolute atomic E-state index is 12.9. The Morgan fingerprint density at radius 3 is 1.74 bits per heavy atom. The van der Waals surface area contributed by atoms with E-state index >= 15 is 0 Å². The van der Waals surface area contributed by atoms with Gasteiger partial charge in [0.25, 0.3) is 0 Å². The lowest BCUT2D eigenvalue weighted by atomic mass is 10.0. The minimum atomic E-state index is -4.83. The zero-order valence-corrected chi connectivity index (χ0v) is 16.0. The van der Waals surface area contributed by atoms with Crippen molar-refractivity contribution in [3.8, 4) is 28.7 Å². The summed E-state index contributed by atoms with van der Waals surface area (Å²) in [5, 5.41) is 0. The first-order valence-corrected chi connectivity index (χ1v) is 9.05. The zero-order chi connectivity index (χ0) is 20.2. The van der Waals surface area contributed by atoms with Crippen molar-refractivity contribution >= 4 is 13.6 Å². The number of ketones is 1. The van der Waals surface area contributed by atoms with Crippen molar-refractivity contribution < 1.29 is 42.6 Å². The standard InChI is InChI=1S/C17H19O9P/c1-22-12-6-5-10(7-13(12)26-27(19,20)21)16(18)11-8-14(23-2)17(25-4)15(9-11)24-3/h5-9H,1-4H3,(H2,19,20,21). The van der Waals surface area contributed by atoms with E-state index in [-0.39, 0.29) is 22.6 Å². The number of benzene rings is 2. The van der Waals surface area contributed by atoms with E-state index in [4.69, 9.17) is 28.7 Å². The molecule has 0 atom stereocenters. The molecular formula is C17H19O9P. The van der Waals surface area contributed by atoms with Crippen molar-refractivity contribution in [1.29, 1.82) is 0 Å². The first-order valence-electron chi connectivity index (χ1n) is 7.52. The molecule has 2 rings (SSSR count). The molecule has 0 aliphatic rings. The normalized spacial score (nSPS) is 10.9. The predicted octanol–water partition coefficient (Wildman–Crippen LogP) is 2.42. The third kappa shape index (κ3) is 4.71. The Kier molecular flexibility index (Phi) is 6.32. The minimum Gasteiger partial charge on any atom is -0.493 e. The van der Waals surface area contributed by atoms with Crippen LogP contribution in [0.4, 0.5) is 0 Å². The number of rotatable bonds is 8. The summed E-state index contributed by atoms with van der Waals surface area (Å²) in [6, 6.07) is 6.94. The van der Waals surface area contributed by atoms with Crippen molar-refractivity contribution in [1.82, 2.24) is 0 Å². The number of ether oxygens (including phenoxy) is 4. The fourth-order valence-electron chi connectivity index (χ4n) is 2.40. The maximum atomic E-state index is 12.9. The minimum absolute atomic E-state index is 0.0692. The number of hydrogen-bond donors (Lipinski definition) is 2. The number of phosphoric ester groups is 1. The van der Waals surface area contributed by atoms with Crippen molar-refractivity contribution in [2.75, 3.05) is 28.4 Å². The third-order valence-corrected chi connectivity index (χ3v) is 4.00. The number of hydrogen-bond acceptors (Lipinski definition) is 7. The molecule has 0 saturated carbocycles. The molecule has 0 aromatic heterocycles. The van der Waals surface area contributed by atoms with Gasteiger partial charge >= 0.3 is 7.82 Å². The molecule has 27 heavy (non-hydrogen) atoms. The summed E-state index contributed by atoms with van der Waals surface area (Å²) < 4.78 is 36.4. The molecule has 2 aromatic carbocycles. The molecule has 0 unspecified atom stereocenters. The van der Waals surface area contributed by atoms with Crippen molar-refractivity contribution in [3.63, 3.8) is 0 Å². The average molecular weight is 398 g/mol. The molecule has 0 amide bonds. The van der Waals surface area contributed by atoms with Crippen LogP contribution in [-0.4, -0.2) is 44.0 Å². The first-order chi connectivity index (χ1) is 12.7. The van der Waals surface area contributed by atoms with Crippen LogP contribution in [0.2, 0.25) is 0 Å². The van der Waals surface area contributed by atoms with Crippen molar-refractivity contribution in [2.24, 2.45) is 0 Å². The van der Waals surface area contributed by atoms with Crippen LogP contribution in [0.3, 0.4) is 0 Å². The van der Waals surface area contributed by atoms with E-state index in [0.717, 1.165) is 0 Å². The van der Waals surface area contributed by atoms with Crippen LogP contribution in [0.5, 0.6) is 28.7 Å². The summed E-state index contributed by atoms with van der Waals surface area (Å²) in [6.07, 6.45) is 0. The summed E-state index contributed by atoms with van der Waals surface area (Å²) >= 11 is 0. The highest BCUT2D eigenvalue weighted by Crippen LogP contribution is 2.43. The van der Waals surface area contributed by atoms with Gasteiger partial charge in [0, 0.05) is 11.1 Å². The molecule has 9 nitrogen and oxygen atoms in total. The van der Waals surface area contributed by atoms with Gasteiger partial charge in [-0.05, 0) is 30.3 Å². The number of carbonyl (C=O) groups excluding carboxylic acids is 1. The summed E-state index contributed by atoms with van der Waals surface area (Å²) in [7, 11) is 0.759. The van der Waals surface area contributed by atoms with E-state index in [1.165, 1.54) is 58.8 Å². The molecule has 0 aliphatic heterocycles. The fraction of sp³-hybridized carbons (Fsp3) is 0.235. The van der Waals surface area contributed by atoms with E-state index in [0.29, 0.717) is 17.2 Å². The maximum Gasteiger partial charge on any atom is 0.524 e. The lowest BCUT2D eigenvalue weighted by Gasteiger charge is -2.15. The second kappa shape index (κ2) is 8.30. The molecule has 146 valence electrons. The summed E-state index contributed by atoms with van der Waals surface area (Å²) in [5.74, 6) is 0.272. The second-order valence-corrected chi connectivity index (χ2v) is 6.35. The van der Waals surface area contributed by atoms with E-state index in [2.05, 4.69) is 4.52 Å². The van der Waals surface area contributed by atoms with Gasteiger partial charge in [-0.1, -0.05) is 0 Å². The molecule has 0 fully saturated rings. The highest BCUT2D eigenvalue weighted by Gasteiger charge is 2.22. The van der Waals surface area contributed by atoms with Crippen LogP contribution in [0.1, 0.15) is 15.9 Å². The molecule has 10 heteroatoms. The van der Waals surface area contributed by atoms with Crippen molar-refractivity contribution in [3.05, 3.63) is 41.5 Å². The van der Waals surface area contributed by atoms with E-state index < -0.39 is 13.6 Å². The van der Waals surface area contributed by atoms with Gasteiger partial charge in [-0.3, -0.25) is 14.6 Å². The highest BCUT2D eigenvalue weighted by molar-refractivity contribution is 7.46. The second-order valence-electron chi connectivity index (χ2n) is 5.19. The lowest BCUT2D eigenvalue weighted by molar-refractivity contribution is 0.103. The molecule has 0 spiro atoms. The monoisotopic (exact) mass is 398 g/mol. The van der Waals surface area contributed by atoms with E-state index in [1.807, 2.05) is 0 Å². The molecule has 0 saturated heterocycles. The van der Waals surface area contributed by atoms with Gasteiger partial charge in [0.15, 0.2) is 28.8 Å². The molecule has 2 aromatic rings. The first kappa shape index (κ1) is 20.6. The van der Waals surface area contributed by atoms with Crippen LogP contribution in [0.15, 0.2) is 30.3 Å². The third-order valence-electron chi connectivity index (χ3n) is 3.57. The summed E-state index contributed by atoms with van der Waals surface area (Å²) in [6.45, 7) is 0. The topological polar surface area (TPSA) is 121 Å². The Bertz CT molecular complexity index is 863. The number of methoxy groups -OCH3 is 4. The Balaban J connectivity index is 2.51. The molecule has 0 radical (unpaired) electrons. The van der Waals surface area contributed by atoms with Gasteiger partial charge in [-0.25, -0.2) is 4.57 Å². The fourth-order valence-corrected chi connectivity index (χ4v) is 2.80. The van der Waals surface area contributed by atoms with Crippen LogP contribution in [0.25, 0.3) is 0 Å². The molecular weight excluding hydrogens is 379 g/mol. The SMILES string of the molecule is COc1ccc(C(=O)c2cc(OC)c(OC)c(OC)c2)cc1OP(=O)(O)O. The number of carbonyl (C=O) groups is 1. The van der Waals surface area contributed by atoms with Gasteiger partial charge in [0.05, 0.1) is 28.4 Å². The Morgan fingerprint density at radius 1 is 0.778 bits per heavy atom. The van der Waals surface area contributed by atoms with Crippen LogP contribution in [-0.2, 0) is 4.57 Å². The Labute approximate surface area is 155 Å². The van der Waals surface area contributed by atoms with E-state index in [9.17, 15) is 9.36 Å². The number of phosphoric acid groups is 1. The Morgan fingerprint density at radius 2 is 1.30 bits per heavy atom. The average Bonchev–Trinajstić information content (AvgIpc) is 2.64. The summed E-state index contributed by atoms with van der Waals surface area (Å²) in [4.78, 5) is 30.9. The van der Waals surface area contributed by atoms with E-state index in [1.54, 1.807) is 0 Å². The molecule has 0 aliphatic carbocycles. The summed E-state index contributed by atoms with van der Waals surface area (Å²) in [5.41, 5.74) is 0.338. The van der Waals surface area contributed by atoms with Gasteiger partial charge in [-0.15, -0.1) is 0 Å². The largest absolute Gasteiger partial charge is 0.524 e. The van der Waals surface area contributed by atoms with Gasteiger partial charge < -0.3 is 23.5 Å². The Hall–Kier alpha value is -2.74. The van der Waals surface area contributed by atoms with Crippen LogP contribution in [0, 0.1) is 0 Å². The van der Waals surface area contributed by atoms with Gasteiger partial charge in [0.2, 0.25) is 5.75 Å². The quantitative estimate of drug-likeness (QED) is 0.510.